The van der Waals surface area contributed by atoms with E-state index in [2.05, 4.69) is 26.1 Å². The summed E-state index contributed by atoms with van der Waals surface area (Å²) in [6.07, 6.45) is 0. The van der Waals surface area contributed by atoms with Gasteiger partial charge in [-0.3, -0.25) is 5.43 Å². The number of aryl methyl sites for hydroxylation is 1. The van der Waals surface area contributed by atoms with Crippen LogP contribution in [-0.4, -0.2) is 25.9 Å². The highest BCUT2D eigenvalue weighted by atomic mass is 15.6. The molecule has 0 saturated heterocycles. The van der Waals surface area contributed by atoms with E-state index in [0.717, 1.165) is 17.0 Å². The van der Waals surface area contributed by atoms with E-state index in [1.165, 1.54) is 10.2 Å². The Morgan fingerprint density at radius 2 is 1.87 bits per heavy atom. The second kappa shape index (κ2) is 6.69. The molecule has 0 saturated carbocycles. The third-order valence-electron chi connectivity index (χ3n) is 3.34. The molecule has 0 aliphatic carbocycles. The summed E-state index contributed by atoms with van der Waals surface area (Å²) in [5.74, 6) is 0.254. The maximum atomic E-state index is 5.74. The van der Waals surface area contributed by atoms with Crippen LogP contribution in [0.1, 0.15) is 11.1 Å². The van der Waals surface area contributed by atoms with Crippen molar-refractivity contribution >= 4 is 17.3 Å². The lowest BCUT2D eigenvalue weighted by atomic mass is 10.1. The molecule has 0 fully saturated rings. The number of hydrogen-bond acceptors (Lipinski definition) is 6. The number of aromatic nitrogens is 4. The lowest BCUT2D eigenvalue weighted by molar-refractivity contribution is 0.683. The summed E-state index contributed by atoms with van der Waals surface area (Å²) >= 11 is 0. The predicted molar refractivity (Wildman–Crippen MR) is 90.0 cm³/mol. The fraction of sp³-hybridized carbons (Fsp3) is 0.125. The summed E-state index contributed by atoms with van der Waals surface area (Å²) in [5.41, 5.74) is 12.7. The molecule has 2 aromatic carbocycles. The molecule has 0 aliphatic heterocycles. The van der Waals surface area contributed by atoms with E-state index >= 15 is 0 Å². The average Bonchev–Trinajstić information content (AvgIpc) is 2.98. The van der Waals surface area contributed by atoms with Crippen LogP contribution in [-0.2, 0) is 6.54 Å². The van der Waals surface area contributed by atoms with Crippen LogP contribution in [0.3, 0.4) is 0 Å². The molecule has 1 aromatic heterocycles. The van der Waals surface area contributed by atoms with Crippen LogP contribution in [0.4, 0.5) is 11.6 Å². The number of nitrogens with one attached hydrogen (secondary N) is 1. The molecule has 23 heavy (non-hydrogen) atoms. The smallest absolute Gasteiger partial charge is 0.240 e. The molecule has 0 amide bonds. The molecular formula is C16H17N7. The number of tetrazole rings is 1. The van der Waals surface area contributed by atoms with Gasteiger partial charge < -0.3 is 5.73 Å². The lowest BCUT2D eigenvalue weighted by Gasteiger charge is -2.08. The Hall–Kier alpha value is -3.22. The molecule has 7 nitrogen and oxygen atoms in total. The summed E-state index contributed by atoms with van der Waals surface area (Å²) in [7, 11) is 0. The zero-order valence-corrected chi connectivity index (χ0v) is 12.7. The van der Waals surface area contributed by atoms with Crippen molar-refractivity contribution < 1.29 is 0 Å². The van der Waals surface area contributed by atoms with Crippen LogP contribution < -0.4 is 11.2 Å². The van der Waals surface area contributed by atoms with Crippen molar-refractivity contribution in [2.75, 3.05) is 11.2 Å². The maximum Gasteiger partial charge on any atom is 0.240 e. The Balaban J connectivity index is 1.86. The van der Waals surface area contributed by atoms with E-state index in [1.54, 1.807) is 0 Å². The lowest BCUT2D eigenvalue weighted by Crippen LogP contribution is -2.16. The molecule has 3 aromatic rings. The van der Waals surface area contributed by atoms with Crippen molar-refractivity contribution in [1.29, 1.82) is 0 Å². The molecule has 7 heteroatoms. The molecule has 1 heterocycles. The highest BCUT2D eigenvalue weighted by molar-refractivity contribution is 6.00. The van der Waals surface area contributed by atoms with Gasteiger partial charge in [-0.2, -0.15) is 5.10 Å². The minimum Gasteiger partial charge on any atom is -0.367 e. The van der Waals surface area contributed by atoms with Gasteiger partial charge in [0.25, 0.3) is 0 Å². The standard InChI is InChI=1S/C16H17N7/c1-12-7-9-14(10-8-12)18-19-15(13-5-3-2-4-6-13)11-23-16(17)20-21-22-23/h2-10,18H,11H2,1H3,(H2,17,20,22)/b19-15-. The first-order valence-electron chi connectivity index (χ1n) is 7.18. The van der Waals surface area contributed by atoms with Crippen LogP contribution in [0.5, 0.6) is 0 Å². The highest BCUT2D eigenvalue weighted by Crippen LogP contribution is 2.10. The zero-order chi connectivity index (χ0) is 16.1. The van der Waals surface area contributed by atoms with Crippen LogP contribution in [0.25, 0.3) is 0 Å². The zero-order valence-electron chi connectivity index (χ0n) is 12.7. The SMILES string of the molecule is Cc1ccc(N/N=C(/Cn2nnnc2N)c2ccccc2)cc1. The number of rotatable bonds is 5. The van der Waals surface area contributed by atoms with Crippen LogP contribution in [0.2, 0.25) is 0 Å². The van der Waals surface area contributed by atoms with E-state index in [0.29, 0.717) is 6.54 Å². The van der Waals surface area contributed by atoms with Crippen LogP contribution in [0, 0.1) is 6.92 Å². The van der Waals surface area contributed by atoms with E-state index in [4.69, 9.17) is 5.73 Å². The first-order chi connectivity index (χ1) is 11.2. The summed E-state index contributed by atoms with van der Waals surface area (Å²) < 4.78 is 1.50. The van der Waals surface area contributed by atoms with Gasteiger partial charge in [-0.15, -0.1) is 0 Å². The van der Waals surface area contributed by atoms with Gasteiger partial charge in [0.05, 0.1) is 17.9 Å². The number of nitrogens with two attached hydrogens (primary N) is 1. The number of nitrogen functional groups attached to an aromatic ring is 1. The van der Waals surface area contributed by atoms with Gasteiger partial charge in [0.15, 0.2) is 0 Å². The second-order valence-corrected chi connectivity index (χ2v) is 5.10. The molecule has 0 atom stereocenters. The van der Waals surface area contributed by atoms with E-state index in [1.807, 2.05) is 61.5 Å². The Bertz CT molecular complexity index is 791. The first-order valence-corrected chi connectivity index (χ1v) is 7.18. The average molecular weight is 307 g/mol. The highest BCUT2D eigenvalue weighted by Gasteiger charge is 2.09. The predicted octanol–water partition coefficient (Wildman–Crippen LogP) is 2.08. The van der Waals surface area contributed by atoms with Crippen LogP contribution in [0.15, 0.2) is 59.7 Å². The molecule has 0 aliphatic rings. The van der Waals surface area contributed by atoms with Gasteiger partial charge in [0.2, 0.25) is 5.95 Å². The Morgan fingerprint density at radius 3 is 2.52 bits per heavy atom. The number of hydrazone groups is 1. The van der Waals surface area contributed by atoms with Gasteiger partial charge in [0, 0.05) is 0 Å². The second-order valence-electron chi connectivity index (χ2n) is 5.10. The summed E-state index contributed by atoms with van der Waals surface area (Å²) in [4.78, 5) is 0. The van der Waals surface area contributed by atoms with E-state index in [9.17, 15) is 0 Å². The summed E-state index contributed by atoms with van der Waals surface area (Å²) in [6.45, 7) is 2.42. The van der Waals surface area contributed by atoms with Crippen molar-refractivity contribution in [1.82, 2.24) is 20.2 Å². The number of hydrogen-bond donors (Lipinski definition) is 2. The molecule has 0 unspecified atom stereocenters. The minimum absolute atomic E-state index is 0.254. The Labute approximate surface area is 133 Å². The van der Waals surface area contributed by atoms with Crippen molar-refractivity contribution in [3.63, 3.8) is 0 Å². The first kappa shape index (κ1) is 14.7. The fourth-order valence-corrected chi connectivity index (χ4v) is 2.05. The van der Waals surface area contributed by atoms with Crippen molar-refractivity contribution in [2.45, 2.75) is 13.5 Å². The quantitative estimate of drug-likeness (QED) is 0.556. The molecule has 0 bridgehead atoms. The molecule has 0 radical (unpaired) electrons. The van der Waals surface area contributed by atoms with Gasteiger partial charge >= 0.3 is 0 Å². The third-order valence-corrected chi connectivity index (χ3v) is 3.34. The number of benzene rings is 2. The normalized spacial score (nSPS) is 11.4. The molecule has 116 valence electrons. The molecule has 3 N–H and O–H groups in total. The van der Waals surface area contributed by atoms with Crippen molar-refractivity contribution in [2.24, 2.45) is 5.10 Å². The topological polar surface area (TPSA) is 94.0 Å². The largest absolute Gasteiger partial charge is 0.367 e. The van der Waals surface area contributed by atoms with E-state index < -0.39 is 0 Å². The Morgan fingerprint density at radius 1 is 1.13 bits per heavy atom. The molecule has 3 rings (SSSR count). The Kier molecular flexibility index (Phi) is 4.28. The maximum absolute atomic E-state index is 5.74. The summed E-state index contributed by atoms with van der Waals surface area (Å²) in [5, 5.41) is 15.6. The van der Waals surface area contributed by atoms with Gasteiger partial charge in [0.1, 0.15) is 0 Å². The fourth-order valence-electron chi connectivity index (χ4n) is 2.05. The van der Waals surface area contributed by atoms with Crippen LogP contribution >= 0.6 is 0 Å². The minimum atomic E-state index is 0.254. The van der Waals surface area contributed by atoms with E-state index in [-0.39, 0.29) is 5.95 Å². The van der Waals surface area contributed by atoms with Crippen molar-refractivity contribution in [3.05, 3.63) is 65.7 Å². The van der Waals surface area contributed by atoms with Gasteiger partial charge in [-0.1, -0.05) is 53.1 Å². The molecule has 0 spiro atoms. The van der Waals surface area contributed by atoms with Crippen molar-refractivity contribution in [3.8, 4) is 0 Å². The molecular weight excluding hydrogens is 290 g/mol. The number of nitrogens with zero attached hydrogens (tertiary/aromatic N) is 5. The van der Waals surface area contributed by atoms with Gasteiger partial charge in [-0.05, 0) is 35.0 Å². The monoisotopic (exact) mass is 307 g/mol. The third kappa shape index (κ3) is 3.70. The van der Waals surface area contributed by atoms with Gasteiger partial charge in [-0.25, -0.2) is 4.68 Å². The summed E-state index contributed by atoms with van der Waals surface area (Å²) in [6, 6.07) is 17.9. The number of anilines is 2.